The highest BCUT2D eigenvalue weighted by Gasteiger charge is 2.03. The summed E-state index contributed by atoms with van der Waals surface area (Å²) in [4.78, 5) is 4.01. The van der Waals surface area contributed by atoms with Gasteiger partial charge < -0.3 is 12.4 Å². The monoisotopic (exact) mass is 256 g/mol. The van der Waals surface area contributed by atoms with Crippen LogP contribution in [0, 0.1) is 6.92 Å². The Morgan fingerprint density at radius 3 is 2.25 bits per heavy atom. The average Bonchev–Trinajstić information content (AvgIpc) is 2.23. The van der Waals surface area contributed by atoms with Crippen LogP contribution in [0.3, 0.4) is 0 Å². The van der Waals surface area contributed by atoms with Gasteiger partial charge in [-0.25, -0.2) is 4.57 Å². The van der Waals surface area contributed by atoms with E-state index in [0.29, 0.717) is 0 Å². The van der Waals surface area contributed by atoms with Gasteiger partial charge in [-0.1, -0.05) is 0 Å². The van der Waals surface area contributed by atoms with Crippen LogP contribution in [0.4, 0.5) is 0 Å². The quantitative estimate of drug-likeness (QED) is 0.618. The van der Waals surface area contributed by atoms with Crippen LogP contribution in [-0.2, 0) is 7.05 Å². The molecular weight excluding hydrogens is 243 g/mol. The summed E-state index contributed by atoms with van der Waals surface area (Å²) in [6, 6.07) is 8.33. The molecule has 86 valence electrons. The van der Waals surface area contributed by atoms with Crippen molar-refractivity contribution in [2.75, 3.05) is 0 Å². The van der Waals surface area contributed by atoms with E-state index < -0.39 is 0 Å². The molecule has 0 aliphatic heterocycles. The van der Waals surface area contributed by atoms with Crippen LogP contribution in [0.2, 0.25) is 0 Å². The third-order valence-electron chi connectivity index (χ3n) is 2.41. The predicted molar refractivity (Wildman–Crippen MR) is 62.8 cm³/mol. The summed E-state index contributed by atoms with van der Waals surface area (Å²) in [7, 11) is 2.05. The molecule has 0 saturated heterocycles. The molecular formula is C12H14Cl2N2. The molecule has 2 heterocycles. The molecule has 0 N–H and O–H groups in total. The molecule has 0 bridgehead atoms. The molecule has 2 aromatic heterocycles. The zero-order chi connectivity index (χ0) is 9.97. The molecule has 0 radical (unpaired) electrons. The minimum absolute atomic E-state index is 0. The molecule has 0 unspecified atom stereocenters. The van der Waals surface area contributed by atoms with Crippen molar-refractivity contribution in [2.24, 2.45) is 7.05 Å². The van der Waals surface area contributed by atoms with Gasteiger partial charge >= 0.3 is 0 Å². The first-order valence-corrected chi connectivity index (χ1v) is 4.64. The van der Waals surface area contributed by atoms with Crippen LogP contribution < -0.4 is 17.0 Å². The normalized spacial score (nSPS) is 8.88. The Morgan fingerprint density at radius 1 is 1.06 bits per heavy atom. The Hall–Kier alpha value is -1.12. The fourth-order valence-electron chi connectivity index (χ4n) is 1.41. The minimum Gasteiger partial charge on any atom is -1.00 e. The van der Waals surface area contributed by atoms with Gasteiger partial charge in [0, 0.05) is 31.5 Å². The van der Waals surface area contributed by atoms with E-state index in [1.165, 1.54) is 16.8 Å². The second kappa shape index (κ2) is 6.46. The van der Waals surface area contributed by atoms with E-state index in [-0.39, 0.29) is 24.8 Å². The largest absolute Gasteiger partial charge is 1.00 e. The van der Waals surface area contributed by atoms with Gasteiger partial charge in [0.25, 0.3) is 0 Å². The van der Waals surface area contributed by atoms with Crippen molar-refractivity contribution in [1.82, 2.24) is 4.98 Å². The summed E-state index contributed by atoms with van der Waals surface area (Å²) >= 11 is 0. The Morgan fingerprint density at radius 2 is 1.69 bits per heavy atom. The van der Waals surface area contributed by atoms with Gasteiger partial charge in [-0.3, -0.25) is 4.98 Å². The summed E-state index contributed by atoms with van der Waals surface area (Å²) in [5.41, 5.74) is 3.70. The molecule has 4 heteroatoms. The third kappa shape index (κ3) is 3.19. The summed E-state index contributed by atoms with van der Waals surface area (Å²) < 4.78 is 2.10. The fraction of sp³-hybridized carbons (Fsp3) is 0.167. The summed E-state index contributed by atoms with van der Waals surface area (Å²) in [6.07, 6.45) is 5.71. The number of rotatable bonds is 1. The van der Waals surface area contributed by atoms with E-state index in [1.807, 2.05) is 31.6 Å². The van der Waals surface area contributed by atoms with Crippen molar-refractivity contribution >= 4 is 12.4 Å². The van der Waals surface area contributed by atoms with Crippen LogP contribution >= 0.6 is 12.4 Å². The Bertz CT molecular complexity index is 444. The number of pyridine rings is 2. The number of aryl methyl sites for hydroxylation is 2. The Balaban J connectivity index is 0.00000112. The van der Waals surface area contributed by atoms with Crippen LogP contribution in [0.15, 0.2) is 42.9 Å². The SMILES string of the molecule is Cc1cc(-c2ccncc2)cc[n+]1C.Cl.[Cl-]. The summed E-state index contributed by atoms with van der Waals surface area (Å²) in [5, 5.41) is 0. The van der Waals surface area contributed by atoms with Gasteiger partial charge in [0.2, 0.25) is 0 Å². The van der Waals surface area contributed by atoms with Crippen molar-refractivity contribution in [1.29, 1.82) is 0 Å². The lowest BCUT2D eigenvalue weighted by molar-refractivity contribution is -0.677. The van der Waals surface area contributed by atoms with Crippen LogP contribution in [0.25, 0.3) is 11.1 Å². The molecule has 0 fully saturated rings. The molecule has 2 nitrogen and oxygen atoms in total. The van der Waals surface area contributed by atoms with E-state index in [9.17, 15) is 0 Å². The maximum absolute atomic E-state index is 4.01. The third-order valence-corrected chi connectivity index (χ3v) is 2.41. The lowest BCUT2D eigenvalue weighted by Crippen LogP contribution is -3.00. The topological polar surface area (TPSA) is 16.8 Å². The number of aromatic nitrogens is 2. The van der Waals surface area contributed by atoms with Gasteiger partial charge in [-0.15, -0.1) is 12.4 Å². The van der Waals surface area contributed by atoms with Crippen LogP contribution in [0.1, 0.15) is 5.69 Å². The first kappa shape index (κ1) is 14.9. The molecule has 0 aromatic carbocycles. The Labute approximate surface area is 108 Å². The van der Waals surface area contributed by atoms with E-state index in [4.69, 9.17) is 0 Å². The van der Waals surface area contributed by atoms with Crippen LogP contribution in [-0.4, -0.2) is 4.98 Å². The van der Waals surface area contributed by atoms with E-state index in [1.54, 1.807) is 0 Å². The number of halogens is 2. The lowest BCUT2D eigenvalue weighted by Gasteiger charge is -2.00. The van der Waals surface area contributed by atoms with Gasteiger partial charge in [-0.2, -0.15) is 0 Å². The standard InChI is InChI=1S/C12H13N2.2ClH/c1-10-9-12(5-8-14(10)2)11-3-6-13-7-4-11;;/h3-9H,1-2H3;2*1H/q+1;;/p-1. The van der Waals surface area contributed by atoms with Gasteiger partial charge in [0.15, 0.2) is 11.9 Å². The van der Waals surface area contributed by atoms with Gasteiger partial charge in [0.05, 0.1) is 0 Å². The second-order valence-corrected chi connectivity index (χ2v) is 3.40. The smallest absolute Gasteiger partial charge is 0.178 e. The average molecular weight is 257 g/mol. The highest BCUT2D eigenvalue weighted by atomic mass is 35.5. The summed E-state index contributed by atoms with van der Waals surface area (Å²) in [5.74, 6) is 0. The maximum atomic E-state index is 4.01. The van der Waals surface area contributed by atoms with Crippen LogP contribution in [0.5, 0.6) is 0 Å². The Kier molecular flexibility index (Phi) is 6.01. The highest BCUT2D eigenvalue weighted by Crippen LogP contribution is 2.16. The maximum Gasteiger partial charge on any atom is 0.178 e. The second-order valence-electron chi connectivity index (χ2n) is 3.40. The zero-order valence-electron chi connectivity index (χ0n) is 9.22. The minimum atomic E-state index is 0. The number of nitrogens with zero attached hydrogens (tertiary/aromatic N) is 2. The molecule has 0 saturated carbocycles. The zero-order valence-corrected chi connectivity index (χ0v) is 10.8. The number of hydrogen-bond acceptors (Lipinski definition) is 1. The highest BCUT2D eigenvalue weighted by molar-refractivity contribution is 5.85. The molecule has 2 aromatic rings. The first-order valence-electron chi connectivity index (χ1n) is 4.64. The number of hydrogen-bond donors (Lipinski definition) is 0. The van der Waals surface area contributed by atoms with E-state index in [0.717, 1.165) is 0 Å². The molecule has 0 spiro atoms. The lowest BCUT2D eigenvalue weighted by atomic mass is 10.1. The molecule has 0 atom stereocenters. The van der Waals surface area contributed by atoms with Crippen molar-refractivity contribution in [3.63, 3.8) is 0 Å². The van der Waals surface area contributed by atoms with Gasteiger partial charge in [0.1, 0.15) is 7.05 Å². The van der Waals surface area contributed by atoms with E-state index in [2.05, 4.69) is 34.8 Å². The van der Waals surface area contributed by atoms with Crippen molar-refractivity contribution in [2.45, 2.75) is 6.92 Å². The molecule has 0 aliphatic rings. The van der Waals surface area contributed by atoms with Crippen molar-refractivity contribution in [3.05, 3.63) is 48.5 Å². The predicted octanol–water partition coefficient (Wildman–Crippen LogP) is -0.693. The summed E-state index contributed by atoms with van der Waals surface area (Å²) in [6.45, 7) is 2.10. The van der Waals surface area contributed by atoms with Gasteiger partial charge in [-0.05, 0) is 23.3 Å². The molecule has 0 aliphatic carbocycles. The molecule has 2 rings (SSSR count). The van der Waals surface area contributed by atoms with E-state index >= 15 is 0 Å². The fourth-order valence-corrected chi connectivity index (χ4v) is 1.41. The van der Waals surface area contributed by atoms with Crippen molar-refractivity contribution in [3.8, 4) is 11.1 Å². The first-order chi connectivity index (χ1) is 6.77. The molecule has 16 heavy (non-hydrogen) atoms. The van der Waals surface area contributed by atoms with Crippen molar-refractivity contribution < 1.29 is 17.0 Å². The molecule has 0 amide bonds.